The molecule has 1 atom stereocenters. The molecular weight excluding hydrogens is 393 g/mol. The molecule has 2 heterocycles. The molecule has 0 spiro atoms. The van der Waals surface area contributed by atoms with Gasteiger partial charge in [-0.2, -0.15) is 0 Å². The van der Waals surface area contributed by atoms with Gasteiger partial charge in [0.05, 0.1) is 30.9 Å². The molecule has 31 heavy (non-hydrogen) atoms. The van der Waals surface area contributed by atoms with Crippen LogP contribution in [-0.4, -0.2) is 34.0 Å². The first-order chi connectivity index (χ1) is 15.0. The molecule has 6 heteroatoms. The summed E-state index contributed by atoms with van der Waals surface area (Å²) < 4.78 is 20.8. The van der Waals surface area contributed by atoms with E-state index in [0.717, 1.165) is 40.9 Å². The van der Waals surface area contributed by atoms with Gasteiger partial charge in [-0.25, -0.2) is 9.37 Å². The normalized spacial score (nSPS) is 16.6. The monoisotopic (exact) mass is 419 g/mol. The fourth-order valence-corrected chi connectivity index (χ4v) is 4.01. The van der Waals surface area contributed by atoms with Crippen LogP contribution in [0.25, 0.3) is 11.8 Å². The molecule has 0 N–H and O–H groups in total. The number of rotatable bonds is 5. The molecule has 1 saturated heterocycles. The highest BCUT2D eigenvalue weighted by Gasteiger charge is 2.28. The summed E-state index contributed by atoms with van der Waals surface area (Å²) in [5, 5.41) is 0. The van der Waals surface area contributed by atoms with Gasteiger partial charge in [0.2, 0.25) is 5.91 Å². The lowest BCUT2D eigenvalue weighted by atomic mass is 9.97. The SMILES string of the molecule is COc1cc(/C=C2\CCCN([C@H](C)c3ccc(F)cc3)C2=O)ccc1-n1cnc(C)c1. The van der Waals surface area contributed by atoms with Gasteiger partial charge in [-0.3, -0.25) is 4.79 Å². The maximum absolute atomic E-state index is 13.3. The molecule has 2 aromatic carbocycles. The van der Waals surface area contributed by atoms with Crippen molar-refractivity contribution < 1.29 is 13.9 Å². The van der Waals surface area contributed by atoms with E-state index >= 15 is 0 Å². The Bertz CT molecular complexity index is 1120. The number of likely N-dealkylation sites (tertiary alicyclic amines) is 1. The number of halogens is 1. The number of methoxy groups -OCH3 is 1. The molecule has 3 aromatic rings. The largest absolute Gasteiger partial charge is 0.495 e. The first kappa shape index (κ1) is 20.8. The Morgan fingerprint density at radius 1 is 1.19 bits per heavy atom. The number of amides is 1. The minimum Gasteiger partial charge on any atom is -0.495 e. The van der Waals surface area contributed by atoms with Crippen molar-refractivity contribution in [1.82, 2.24) is 14.5 Å². The van der Waals surface area contributed by atoms with E-state index < -0.39 is 0 Å². The molecule has 1 fully saturated rings. The van der Waals surface area contributed by atoms with E-state index in [1.807, 2.05) is 53.8 Å². The van der Waals surface area contributed by atoms with E-state index in [0.29, 0.717) is 12.3 Å². The molecule has 0 aliphatic carbocycles. The van der Waals surface area contributed by atoms with Crippen molar-refractivity contribution in [2.24, 2.45) is 0 Å². The van der Waals surface area contributed by atoms with Crippen molar-refractivity contribution in [3.05, 3.63) is 83.2 Å². The number of hydrogen-bond acceptors (Lipinski definition) is 3. The van der Waals surface area contributed by atoms with E-state index in [1.165, 1.54) is 12.1 Å². The maximum Gasteiger partial charge on any atom is 0.250 e. The van der Waals surface area contributed by atoms with Crippen LogP contribution in [0.15, 0.2) is 60.6 Å². The highest BCUT2D eigenvalue weighted by Crippen LogP contribution is 2.30. The lowest BCUT2D eigenvalue weighted by Crippen LogP contribution is -2.38. The van der Waals surface area contributed by atoms with Crippen molar-refractivity contribution in [1.29, 1.82) is 0 Å². The molecule has 0 unspecified atom stereocenters. The number of aryl methyl sites for hydroxylation is 1. The van der Waals surface area contributed by atoms with Crippen molar-refractivity contribution >= 4 is 12.0 Å². The summed E-state index contributed by atoms with van der Waals surface area (Å²) in [4.78, 5) is 19.3. The van der Waals surface area contributed by atoms with Gasteiger partial charge in [0, 0.05) is 18.3 Å². The summed E-state index contributed by atoms with van der Waals surface area (Å²) in [5.41, 5.74) is 4.44. The van der Waals surface area contributed by atoms with E-state index in [4.69, 9.17) is 4.74 Å². The average molecular weight is 420 g/mol. The third-order valence-corrected chi connectivity index (χ3v) is 5.74. The van der Waals surface area contributed by atoms with Gasteiger partial charge in [-0.15, -0.1) is 0 Å². The Morgan fingerprint density at radius 3 is 2.65 bits per heavy atom. The third-order valence-electron chi connectivity index (χ3n) is 5.74. The number of piperidine rings is 1. The number of carbonyl (C=O) groups excluding carboxylic acids is 1. The molecule has 1 aliphatic heterocycles. The minimum atomic E-state index is -0.273. The minimum absolute atomic E-state index is 0.0244. The number of ether oxygens (including phenoxy) is 1. The molecule has 1 aliphatic rings. The van der Waals surface area contributed by atoms with Crippen molar-refractivity contribution in [3.8, 4) is 11.4 Å². The zero-order valence-corrected chi connectivity index (χ0v) is 18.0. The second kappa shape index (κ2) is 8.76. The highest BCUT2D eigenvalue weighted by atomic mass is 19.1. The molecule has 0 radical (unpaired) electrons. The molecule has 0 bridgehead atoms. The van der Waals surface area contributed by atoms with E-state index in [9.17, 15) is 9.18 Å². The standard InChI is InChI=1S/C25H26FN3O2/c1-17-15-28(16-27-17)23-11-6-19(14-24(23)31-3)13-21-5-4-12-29(25(21)30)18(2)20-7-9-22(26)10-8-20/h6-11,13-16,18H,4-5,12H2,1-3H3/b21-13+/t18-/m1/s1. The van der Waals surface area contributed by atoms with Crippen LogP contribution >= 0.6 is 0 Å². The van der Waals surface area contributed by atoms with Crippen LogP contribution in [0.5, 0.6) is 5.75 Å². The fourth-order valence-electron chi connectivity index (χ4n) is 4.01. The summed E-state index contributed by atoms with van der Waals surface area (Å²) in [7, 11) is 1.64. The van der Waals surface area contributed by atoms with Crippen LogP contribution < -0.4 is 4.74 Å². The Hall–Kier alpha value is -3.41. The first-order valence-electron chi connectivity index (χ1n) is 10.4. The van der Waals surface area contributed by atoms with Crippen LogP contribution in [0.4, 0.5) is 4.39 Å². The highest BCUT2D eigenvalue weighted by molar-refractivity contribution is 5.98. The molecule has 1 amide bonds. The molecule has 5 nitrogen and oxygen atoms in total. The Kier molecular flexibility index (Phi) is 5.89. The lowest BCUT2D eigenvalue weighted by molar-refractivity contribution is -0.130. The summed E-state index contributed by atoms with van der Waals surface area (Å²) >= 11 is 0. The summed E-state index contributed by atoms with van der Waals surface area (Å²) in [6, 6.07) is 12.1. The van der Waals surface area contributed by atoms with Crippen molar-refractivity contribution in [3.63, 3.8) is 0 Å². The number of aromatic nitrogens is 2. The van der Waals surface area contributed by atoms with Crippen molar-refractivity contribution in [2.45, 2.75) is 32.7 Å². The fraction of sp³-hybridized carbons (Fsp3) is 0.280. The quantitative estimate of drug-likeness (QED) is 0.541. The van der Waals surface area contributed by atoms with Gasteiger partial charge in [0.25, 0.3) is 0 Å². The maximum atomic E-state index is 13.3. The van der Waals surface area contributed by atoms with Crippen LogP contribution in [-0.2, 0) is 4.79 Å². The number of nitrogens with zero attached hydrogens (tertiary/aromatic N) is 3. The van der Waals surface area contributed by atoms with Gasteiger partial charge in [0.1, 0.15) is 11.6 Å². The van der Waals surface area contributed by atoms with Gasteiger partial charge in [-0.1, -0.05) is 18.2 Å². The second-order valence-electron chi connectivity index (χ2n) is 7.85. The van der Waals surface area contributed by atoms with Gasteiger partial charge in [0.15, 0.2) is 0 Å². The summed E-state index contributed by atoms with van der Waals surface area (Å²) in [6.07, 6.45) is 7.26. The lowest BCUT2D eigenvalue weighted by Gasteiger charge is -2.34. The molecular formula is C25H26FN3O2. The number of benzene rings is 2. The zero-order chi connectivity index (χ0) is 22.0. The average Bonchev–Trinajstić information content (AvgIpc) is 3.21. The van der Waals surface area contributed by atoms with Gasteiger partial charge >= 0.3 is 0 Å². The Balaban J connectivity index is 1.59. The topological polar surface area (TPSA) is 47.4 Å². The summed E-state index contributed by atoms with van der Waals surface area (Å²) in [6.45, 7) is 4.62. The van der Waals surface area contributed by atoms with Crippen LogP contribution in [0, 0.1) is 12.7 Å². The molecule has 4 rings (SSSR count). The van der Waals surface area contributed by atoms with Crippen LogP contribution in [0.2, 0.25) is 0 Å². The van der Waals surface area contributed by atoms with E-state index in [2.05, 4.69) is 4.98 Å². The third kappa shape index (κ3) is 4.38. The molecule has 160 valence electrons. The first-order valence-corrected chi connectivity index (χ1v) is 10.4. The smallest absolute Gasteiger partial charge is 0.250 e. The van der Waals surface area contributed by atoms with E-state index in [-0.39, 0.29) is 17.8 Å². The second-order valence-corrected chi connectivity index (χ2v) is 7.85. The van der Waals surface area contributed by atoms with Gasteiger partial charge < -0.3 is 14.2 Å². The Labute approximate surface area is 181 Å². The van der Waals surface area contributed by atoms with Crippen molar-refractivity contribution in [2.75, 3.05) is 13.7 Å². The predicted octanol–water partition coefficient (Wildman–Crippen LogP) is 5.10. The van der Waals surface area contributed by atoms with Crippen LogP contribution in [0.3, 0.4) is 0 Å². The molecule has 0 saturated carbocycles. The van der Waals surface area contributed by atoms with Crippen LogP contribution in [0.1, 0.15) is 42.6 Å². The van der Waals surface area contributed by atoms with Gasteiger partial charge in [-0.05, 0) is 68.2 Å². The predicted molar refractivity (Wildman–Crippen MR) is 119 cm³/mol. The summed E-state index contributed by atoms with van der Waals surface area (Å²) in [5.74, 6) is 0.465. The number of imidazole rings is 1. The zero-order valence-electron chi connectivity index (χ0n) is 18.0. The Morgan fingerprint density at radius 2 is 1.97 bits per heavy atom. The number of carbonyl (C=O) groups is 1. The number of hydrogen-bond donors (Lipinski definition) is 0. The van der Waals surface area contributed by atoms with E-state index in [1.54, 1.807) is 25.6 Å². The molecule has 1 aromatic heterocycles.